The molecule has 0 saturated carbocycles. The molecule has 0 unspecified atom stereocenters. The van der Waals surface area contributed by atoms with E-state index in [1.165, 1.54) is 0 Å². The van der Waals surface area contributed by atoms with Crippen molar-refractivity contribution in [3.05, 3.63) is 94.0 Å². The SMILES string of the molecule is CCOc1ccc(C2=N[C@@H](c3ccc(Br)cc3)N[C@@H](c3ccccc3O)C2)cc1. The van der Waals surface area contributed by atoms with Gasteiger partial charge in [0.2, 0.25) is 0 Å². The van der Waals surface area contributed by atoms with Crippen LogP contribution in [0.3, 0.4) is 0 Å². The maximum absolute atomic E-state index is 10.4. The number of nitrogens with one attached hydrogen (secondary N) is 1. The number of aliphatic imine (C=N–C) groups is 1. The van der Waals surface area contributed by atoms with Crippen molar-refractivity contribution in [2.24, 2.45) is 4.99 Å². The normalized spacial score (nSPS) is 18.9. The first-order chi connectivity index (χ1) is 14.1. The van der Waals surface area contributed by atoms with E-state index in [4.69, 9.17) is 9.73 Å². The summed E-state index contributed by atoms with van der Waals surface area (Å²) < 4.78 is 6.60. The van der Waals surface area contributed by atoms with Gasteiger partial charge in [-0.15, -0.1) is 0 Å². The largest absolute Gasteiger partial charge is 0.508 e. The second kappa shape index (κ2) is 8.80. The molecule has 2 N–H and O–H groups in total. The summed E-state index contributed by atoms with van der Waals surface area (Å²) in [5, 5.41) is 14.0. The topological polar surface area (TPSA) is 53.8 Å². The predicted octanol–water partition coefficient (Wildman–Crippen LogP) is 5.78. The molecule has 29 heavy (non-hydrogen) atoms. The molecule has 2 atom stereocenters. The Morgan fingerprint density at radius 3 is 2.45 bits per heavy atom. The molecule has 3 aromatic rings. The number of phenolic OH excluding ortho intramolecular Hbond substituents is 1. The standard InChI is InChI=1S/C24H23BrN2O2/c1-2-29-19-13-9-16(10-14-19)21-15-22(20-5-3-4-6-23(20)28)27-24(26-21)17-7-11-18(25)12-8-17/h3-14,22,24,27-28H,2,15H2,1H3/t22-,24-/m1/s1. The van der Waals surface area contributed by atoms with Gasteiger partial charge < -0.3 is 9.84 Å². The van der Waals surface area contributed by atoms with Crippen LogP contribution in [0.1, 0.15) is 42.2 Å². The number of benzene rings is 3. The molecule has 1 heterocycles. The minimum absolute atomic E-state index is 0.0380. The van der Waals surface area contributed by atoms with E-state index in [1.54, 1.807) is 6.07 Å². The summed E-state index contributed by atoms with van der Waals surface area (Å²) in [4.78, 5) is 5.00. The van der Waals surface area contributed by atoms with Gasteiger partial charge in [0.05, 0.1) is 6.61 Å². The maximum atomic E-state index is 10.4. The minimum Gasteiger partial charge on any atom is -0.508 e. The Kier molecular flexibility index (Phi) is 5.97. The lowest BCUT2D eigenvalue weighted by molar-refractivity contribution is 0.340. The molecule has 0 aliphatic carbocycles. The fraction of sp³-hybridized carbons (Fsp3) is 0.208. The van der Waals surface area contributed by atoms with Gasteiger partial charge in [0, 0.05) is 28.2 Å². The van der Waals surface area contributed by atoms with Crippen molar-refractivity contribution in [1.82, 2.24) is 5.32 Å². The van der Waals surface area contributed by atoms with Crippen molar-refractivity contribution < 1.29 is 9.84 Å². The fourth-order valence-corrected chi connectivity index (χ4v) is 3.85. The molecular weight excluding hydrogens is 428 g/mol. The third-order valence-electron chi connectivity index (χ3n) is 5.04. The first-order valence-electron chi connectivity index (χ1n) is 9.73. The molecular formula is C24H23BrN2O2. The number of ether oxygens (including phenoxy) is 1. The van der Waals surface area contributed by atoms with E-state index in [2.05, 4.69) is 45.5 Å². The maximum Gasteiger partial charge on any atom is 0.126 e. The van der Waals surface area contributed by atoms with Crippen LogP contribution in [0.5, 0.6) is 11.5 Å². The molecule has 148 valence electrons. The zero-order valence-corrected chi connectivity index (χ0v) is 17.8. The Balaban J connectivity index is 1.71. The number of nitrogens with zero attached hydrogens (tertiary/aromatic N) is 1. The van der Waals surface area contributed by atoms with E-state index < -0.39 is 0 Å². The van der Waals surface area contributed by atoms with E-state index in [9.17, 15) is 5.11 Å². The van der Waals surface area contributed by atoms with Crippen LogP contribution in [0, 0.1) is 0 Å². The van der Waals surface area contributed by atoms with Gasteiger partial charge in [0.1, 0.15) is 17.7 Å². The molecule has 4 rings (SSSR count). The van der Waals surface area contributed by atoms with Crippen molar-refractivity contribution in [3.8, 4) is 11.5 Å². The molecule has 0 amide bonds. The highest BCUT2D eigenvalue weighted by Crippen LogP contribution is 2.34. The molecule has 0 radical (unpaired) electrons. The smallest absolute Gasteiger partial charge is 0.126 e. The van der Waals surface area contributed by atoms with Crippen LogP contribution >= 0.6 is 15.9 Å². The van der Waals surface area contributed by atoms with Crippen LogP contribution in [-0.2, 0) is 0 Å². The van der Waals surface area contributed by atoms with Gasteiger partial charge in [0.25, 0.3) is 0 Å². The van der Waals surface area contributed by atoms with E-state index >= 15 is 0 Å². The van der Waals surface area contributed by atoms with Gasteiger partial charge in [-0.1, -0.05) is 46.3 Å². The Hall–Kier alpha value is -2.63. The molecule has 0 fully saturated rings. The highest BCUT2D eigenvalue weighted by Gasteiger charge is 2.27. The van der Waals surface area contributed by atoms with E-state index in [1.807, 2.05) is 49.4 Å². The molecule has 0 aromatic heterocycles. The Morgan fingerprint density at radius 1 is 1.03 bits per heavy atom. The lowest BCUT2D eigenvalue weighted by atomic mass is 9.93. The lowest BCUT2D eigenvalue weighted by Crippen LogP contribution is -2.33. The Morgan fingerprint density at radius 2 is 1.76 bits per heavy atom. The lowest BCUT2D eigenvalue weighted by Gasteiger charge is -2.31. The Bertz CT molecular complexity index is 1000. The molecule has 4 nitrogen and oxygen atoms in total. The molecule has 0 bridgehead atoms. The zero-order valence-electron chi connectivity index (χ0n) is 16.2. The van der Waals surface area contributed by atoms with Gasteiger partial charge in [-0.2, -0.15) is 0 Å². The van der Waals surface area contributed by atoms with Gasteiger partial charge in [0.15, 0.2) is 0 Å². The molecule has 0 spiro atoms. The molecule has 1 aliphatic rings. The second-order valence-electron chi connectivity index (χ2n) is 6.97. The van der Waals surface area contributed by atoms with E-state index in [-0.39, 0.29) is 12.2 Å². The summed E-state index contributed by atoms with van der Waals surface area (Å²) in [6, 6.07) is 23.7. The van der Waals surface area contributed by atoms with Crippen LogP contribution in [0.15, 0.2) is 82.3 Å². The van der Waals surface area contributed by atoms with E-state index in [0.717, 1.165) is 32.6 Å². The van der Waals surface area contributed by atoms with Crippen molar-refractivity contribution in [2.75, 3.05) is 6.61 Å². The van der Waals surface area contributed by atoms with Crippen molar-refractivity contribution in [3.63, 3.8) is 0 Å². The monoisotopic (exact) mass is 450 g/mol. The first-order valence-corrected chi connectivity index (χ1v) is 10.5. The number of rotatable bonds is 5. The summed E-state index contributed by atoms with van der Waals surface area (Å²) in [6.45, 7) is 2.62. The number of hydrogen-bond acceptors (Lipinski definition) is 4. The summed E-state index contributed by atoms with van der Waals surface area (Å²) >= 11 is 3.49. The Labute approximate surface area is 179 Å². The summed E-state index contributed by atoms with van der Waals surface area (Å²) in [5.41, 5.74) is 4.04. The summed E-state index contributed by atoms with van der Waals surface area (Å²) in [6.07, 6.45) is 0.501. The molecule has 0 saturated heterocycles. The summed E-state index contributed by atoms with van der Waals surface area (Å²) in [7, 11) is 0. The van der Waals surface area contributed by atoms with Crippen molar-refractivity contribution >= 4 is 21.6 Å². The third-order valence-corrected chi connectivity index (χ3v) is 5.57. The van der Waals surface area contributed by atoms with Crippen molar-refractivity contribution in [2.45, 2.75) is 25.6 Å². The fourth-order valence-electron chi connectivity index (χ4n) is 3.59. The van der Waals surface area contributed by atoms with Crippen LogP contribution in [-0.4, -0.2) is 17.4 Å². The van der Waals surface area contributed by atoms with Crippen LogP contribution in [0.2, 0.25) is 0 Å². The zero-order chi connectivity index (χ0) is 20.2. The van der Waals surface area contributed by atoms with Gasteiger partial charge in [-0.3, -0.25) is 10.3 Å². The third kappa shape index (κ3) is 4.52. The first kappa shape index (κ1) is 19.7. The van der Waals surface area contributed by atoms with Gasteiger partial charge in [-0.05, 0) is 60.5 Å². The average Bonchev–Trinajstić information content (AvgIpc) is 2.75. The molecule has 5 heteroatoms. The van der Waals surface area contributed by atoms with Gasteiger partial charge >= 0.3 is 0 Å². The number of aromatic hydroxyl groups is 1. The van der Waals surface area contributed by atoms with Crippen molar-refractivity contribution in [1.29, 1.82) is 0 Å². The number of halogens is 1. The van der Waals surface area contributed by atoms with Crippen LogP contribution in [0.25, 0.3) is 0 Å². The van der Waals surface area contributed by atoms with Crippen LogP contribution < -0.4 is 10.1 Å². The average molecular weight is 451 g/mol. The quantitative estimate of drug-likeness (QED) is 0.518. The molecule has 1 aliphatic heterocycles. The minimum atomic E-state index is -0.192. The predicted molar refractivity (Wildman–Crippen MR) is 120 cm³/mol. The highest BCUT2D eigenvalue weighted by molar-refractivity contribution is 9.10. The number of phenols is 1. The number of para-hydroxylation sites is 1. The summed E-state index contributed by atoms with van der Waals surface area (Å²) in [5.74, 6) is 1.15. The molecule has 3 aromatic carbocycles. The number of hydrogen-bond donors (Lipinski definition) is 2. The van der Waals surface area contributed by atoms with E-state index in [0.29, 0.717) is 18.8 Å². The highest BCUT2D eigenvalue weighted by atomic mass is 79.9. The van der Waals surface area contributed by atoms with Crippen LogP contribution in [0.4, 0.5) is 0 Å². The van der Waals surface area contributed by atoms with Gasteiger partial charge in [-0.25, -0.2) is 0 Å². The second-order valence-corrected chi connectivity index (χ2v) is 7.89.